The summed E-state index contributed by atoms with van der Waals surface area (Å²) in [4.78, 5) is 52.8. The lowest BCUT2D eigenvalue weighted by Crippen LogP contribution is -2.39. The van der Waals surface area contributed by atoms with Gasteiger partial charge in [0.15, 0.2) is 6.10 Å². The molecule has 0 spiro atoms. The van der Waals surface area contributed by atoms with Crippen molar-refractivity contribution in [1.29, 1.82) is 0 Å². The highest BCUT2D eigenvalue weighted by molar-refractivity contribution is 6.30. The summed E-state index contributed by atoms with van der Waals surface area (Å²) in [7, 11) is 1.45. The lowest BCUT2D eigenvalue weighted by atomic mass is 10.3. The van der Waals surface area contributed by atoms with E-state index >= 15 is 0 Å². The number of pyridine rings is 1. The summed E-state index contributed by atoms with van der Waals surface area (Å²) in [5.41, 5.74) is 0. The minimum Gasteiger partial charge on any atom is -0.451 e. The van der Waals surface area contributed by atoms with Gasteiger partial charge in [-0.05, 0) is 19.1 Å². The van der Waals surface area contributed by atoms with E-state index in [0.29, 0.717) is 5.02 Å². The molecule has 1 aromatic heterocycles. The van der Waals surface area contributed by atoms with Crippen LogP contribution < -0.4 is 5.32 Å². The second-order valence-corrected chi connectivity index (χ2v) is 5.54. The van der Waals surface area contributed by atoms with E-state index in [-0.39, 0.29) is 12.4 Å². The number of amides is 4. The van der Waals surface area contributed by atoms with Crippen molar-refractivity contribution in [2.45, 2.75) is 13.0 Å². The van der Waals surface area contributed by atoms with Gasteiger partial charge in [-0.15, -0.1) is 0 Å². The fraction of sp³-hybridized carbons (Fsp3) is 0.357. The highest BCUT2D eigenvalue weighted by Crippen LogP contribution is 2.11. The number of urea groups is 1. The number of ether oxygens (including phenoxy) is 1. The molecule has 2 rings (SSSR count). The number of nitrogens with zero attached hydrogens (tertiary/aromatic N) is 3. The zero-order valence-electron chi connectivity index (χ0n) is 13.0. The van der Waals surface area contributed by atoms with E-state index in [9.17, 15) is 19.2 Å². The monoisotopic (exact) mass is 354 g/mol. The van der Waals surface area contributed by atoms with E-state index in [1.165, 1.54) is 31.1 Å². The van der Waals surface area contributed by atoms with Gasteiger partial charge in [0.1, 0.15) is 18.9 Å². The van der Waals surface area contributed by atoms with Crippen molar-refractivity contribution >= 4 is 41.2 Å². The van der Waals surface area contributed by atoms with Crippen LogP contribution in [-0.2, 0) is 19.1 Å². The molecule has 0 aliphatic carbocycles. The third-order valence-corrected chi connectivity index (χ3v) is 3.40. The van der Waals surface area contributed by atoms with E-state index in [1.807, 2.05) is 0 Å². The number of nitrogens with one attached hydrogen (secondary N) is 1. The highest BCUT2D eigenvalue weighted by Gasteiger charge is 2.35. The Bertz CT molecular complexity index is 678. The SMILES string of the molecule is C[C@@H](OC(=O)CN1C(=O)CN(C)C1=O)C(=O)Nc1ccc(Cl)cn1. The summed E-state index contributed by atoms with van der Waals surface area (Å²) in [6, 6.07) is 2.45. The molecule has 0 bridgehead atoms. The van der Waals surface area contributed by atoms with E-state index in [4.69, 9.17) is 16.3 Å². The van der Waals surface area contributed by atoms with Gasteiger partial charge in [-0.2, -0.15) is 0 Å². The molecule has 0 radical (unpaired) electrons. The van der Waals surface area contributed by atoms with Crippen molar-refractivity contribution in [2.75, 3.05) is 25.5 Å². The molecule has 1 aromatic rings. The van der Waals surface area contributed by atoms with Gasteiger partial charge >= 0.3 is 12.0 Å². The molecule has 1 aliphatic rings. The second-order valence-electron chi connectivity index (χ2n) is 5.10. The van der Waals surface area contributed by atoms with Crippen molar-refractivity contribution in [3.8, 4) is 0 Å². The molecule has 1 aliphatic heterocycles. The smallest absolute Gasteiger partial charge is 0.327 e. The number of esters is 1. The first kappa shape index (κ1) is 17.7. The molecule has 0 saturated carbocycles. The molecular weight excluding hydrogens is 340 g/mol. The lowest BCUT2D eigenvalue weighted by Gasteiger charge is -2.16. The number of carbonyl (C=O) groups is 4. The first-order chi connectivity index (χ1) is 11.3. The molecule has 4 amide bonds. The van der Waals surface area contributed by atoms with Crippen LogP contribution in [0.2, 0.25) is 5.02 Å². The maximum absolute atomic E-state index is 11.9. The summed E-state index contributed by atoms with van der Waals surface area (Å²) in [6.45, 7) is 0.728. The number of rotatable bonds is 5. The van der Waals surface area contributed by atoms with Crippen molar-refractivity contribution in [3.63, 3.8) is 0 Å². The van der Waals surface area contributed by atoms with E-state index in [0.717, 1.165) is 4.90 Å². The minimum absolute atomic E-state index is 0.0929. The molecule has 2 heterocycles. The van der Waals surface area contributed by atoms with Gasteiger partial charge in [-0.25, -0.2) is 9.78 Å². The Morgan fingerprint density at radius 1 is 1.42 bits per heavy atom. The third-order valence-electron chi connectivity index (χ3n) is 3.17. The standard InChI is InChI=1S/C14H15ClN4O5/c1-8(13(22)17-10-4-3-9(15)5-16-10)24-12(21)7-19-11(20)6-18(2)14(19)23/h3-5,8H,6-7H2,1-2H3,(H,16,17,22)/t8-/m1/s1. The lowest BCUT2D eigenvalue weighted by molar-refractivity contribution is -0.154. The van der Waals surface area contributed by atoms with Crippen LogP contribution in [-0.4, -0.2) is 64.8 Å². The first-order valence-electron chi connectivity index (χ1n) is 6.95. The molecule has 24 heavy (non-hydrogen) atoms. The Labute approximate surface area is 142 Å². The summed E-state index contributed by atoms with van der Waals surface area (Å²) in [5, 5.41) is 2.87. The van der Waals surface area contributed by atoms with Crippen LogP contribution in [0.1, 0.15) is 6.92 Å². The van der Waals surface area contributed by atoms with Gasteiger partial charge < -0.3 is 15.0 Å². The molecule has 1 atom stereocenters. The molecule has 10 heteroatoms. The van der Waals surface area contributed by atoms with E-state index in [2.05, 4.69) is 10.3 Å². The molecule has 1 fully saturated rings. The average Bonchev–Trinajstić information content (AvgIpc) is 2.76. The number of imide groups is 1. The normalized spacial score (nSPS) is 15.5. The third kappa shape index (κ3) is 4.19. The largest absolute Gasteiger partial charge is 0.451 e. The maximum atomic E-state index is 11.9. The first-order valence-corrected chi connectivity index (χ1v) is 7.33. The maximum Gasteiger partial charge on any atom is 0.327 e. The van der Waals surface area contributed by atoms with Gasteiger partial charge in [0, 0.05) is 13.2 Å². The zero-order valence-corrected chi connectivity index (χ0v) is 13.7. The fourth-order valence-corrected chi connectivity index (χ4v) is 2.03. The van der Waals surface area contributed by atoms with Crippen LogP contribution in [0, 0.1) is 0 Å². The van der Waals surface area contributed by atoms with Crippen LogP contribution in [0.3, 0.4) is 0 Å². The molecular formula is C14H15ClN4O5. The molecule has 128 valence electrons. The Balaban J connectivity index is 1.86. The number of aromatic nitrogens is 1. The van der Waals surface area contributed by atoms with Gasteiger partial charge in [-0.3, -0.25) is 19.3 Å². The second kappa shape index (κ2) is 7.26. The average molecular weight is 355 g/mol. The molecule has 1 saturated heterocycles. The molecule has 0 aromatic carbocycles. The number of carbonyl (C=O) groups excluding carboxylic acids is 4. The molecule has 0 unspecified atom stereocenters. The number of halogens is 1. The molecule has 1 N–H and O–H groups in total. The predicted molar refractivity (Wildman–Crippen MR) is 83.2 cm³/mol. The number of hydrogen-bond acceptors (Lipinski definition) is 6. The predicted octanol–water partition coefficient (Wildman–Crippen LogP) is 0.499. The number of hydrogen-bond donors (Lipinski definition) is 1. The van der Waals surface area contributed by atoms with Gasteiger partial charge in [-0.1, -0.05) is 11.6 Å². The summed E-state index contributed by atoms with van der Waals surface area (Å²) in [5.74, 6) is -1.71. The minimum atomic E-state index is -1.12. The Morgan fingerprint density at radius 2 is 2.12 bits per heavy atom. The van der Waals surface area contributed by atoms with Crippen molar-refractivity contribution in [1.82, 2.24) is 14.8 Å². The van der Waals surface area contributed by atoms with Gasteiger partial charge in [0.2, 0.25) is 0 Å². The fourth-order valence-electron chi connectivity index (χ4n) is 1.92. The van der Waals surface area contributed by atoms with Crippen molar-refractivity contribution in [3.05, 3.63) is 23.4 Å². The topological polar surface area (TPSA) is 109 Å². The van der Waals surface area contributed by atoms with Gasteiger partial charge in [0.25, 0.3) is 11.8 Å². The summed E-state index contributed by atoms with van der Waals surface area (Å²) in [6.07, 6.45) is 0.232. The van der Waals surface area contributed by atoms with Crippen LogP contribution in [0.15, 0.2) is 18.3 Å². The summed E-state index contributed by atoms with van der Waals surface area (Å²) < 4.78 is 4.93. The van der Waals surface area contributed by atoms with Crippen LogP contribution in [0.4, 0.5) is 10.6 Å². The Kier molecular flexibility index (Phi) is 5.35. The van der Waals surface area contributed by atoms with E-state index in [1.54, 1.807) is 6.07 Å². The van der Waals surface area contributed by atoms with E-state index < -0.39 is 36.5 Å². The van der Waals surface area contributed by atoms with Crippen LogP contribution in [0.25, 0.3) is 0 Å². The quantitative estimate of drug-likeness (QED) is 0.609. The highest BCUT2D eigenvalue weighted by atomic mass is 35.5. The van der Waals surface area contributed by atoms with Crippen LogP contribution >= 0.6 is 11.6 Å². The van der Waals surface area contributed by atoms with Crippen molar-refractivity contribution in [2.24, 2.45) is 0 Å². The number of likely N-dealkylation sites (N-methyl/N-ethyl adjacent to an activating group) is 1. The van der Waals surface area contributed by atoms with Gasteiger partial charge in [0.05, 0.1) is 5.02 Å². The van der Waals surface area contributed by atoms with Crippen LogP contribution in [0.5, 0.6) is 0 Å². The Morgan fingerprint density at radius 3 is 2.67 bits per heavy atom. The zero-order chi connectivity index (χ0) is 17.9. The van der Waals surface area contributed by atoms with Crippen molar-refractivity contribution < 1.29 is 23.9 Å². The Hall–Kier alpha value is -2.68. The number of anilines is 1. The molecule has 9 nitrogen and oxygen atoms in total. The summed E-state index contributed by atoms with van der Waals surface area (Å²) >= 11 is 5.69.